The van der Waals surface area contributed by atoms with Gasteiger partial charge in [0.25, 0.3) is 0 Å². The van der Waals surface area contributed by atoms with Gasteiger partial charge in [0.1, 0.15) is 5.60 Å². The van der Waals surface area contributed by atoms with E-state index in [1.54, 1.807) is 6.20 Å². The molecule has 0 radical (unpaired) electrons. The lowest BCUT2D eigenvalue weighted by Crippen LogP contribution is -2.66. The molecule has 2 saturated heterocycles. The molecule has 1 atom stereocenters. The number of rotatable bonds is 6. The van der Waals surface area contributed by atoms with Gasteiger partial charge >= 0.3 is 0 Å². The Hall–Kier alpha value is -1.62. The van der Waals surface area contributed by atoms with Gasteiger partial charge in [0.05, 0.1) is 19.7 Å². The van der Waals surface area contributed by atoms with Crippen molar-refractivity contribution in [1.29, 1.82) is 0 Å². The maximum absolute atomic E-state index is 11.9. The SMILES string of the molecule is CCCC(=O)N1CC2(C1)OCC[C@H]2CCOc1ccccn1. The van der Waals surface area contributed by atoms with Crippen LogP contribution in [0.1, 0.15) is 32.6 Å². The molecule has 1 aromatic rings. The number of nitrogens with zero attached hydrogens (tertiary/aromatic N) is 2. The number of carbonyl (C=O) groups is 1. The molecule has 0 aliphatic carbocycles. The third kappa shape index (κ3) is 3.09. The predicted molar refractivity (Wildman–Crippen MR) is 82.6 cm³/mol. The monoisotopic (exact) mass is 304 g/mol. The number of carbonyl (C=O) groups excluding carboxylic acids is 1. The molecule has 22 heavy (non-hydrogen) atoms. The topological polar surface area (TPSA) is 51.7 Å². The second-order valence-corrected chi connectivity index (χ2v) is 6.20. The highest BCUT2D eigenvalue weighted by atomic mass is 16.5. The zero-order chi connectivity index (χ0) is 15.4. The zero-order valence-corrected chi connectivity index (χ0v) is 13.2. The van der Waals surface area contributed by atoms with Crippen LogP contribution in [0.15, 0.2) is 24.4 Å². The van der Waals surface area contributed by atoms with E-state index in [1.165, 1.54) is 0 Å². The molecule has 5 nitrogen and oxygen atoms in total. The van der Waals surface area contributed by atoms with Crippen LogP contribution in [0.3, 0.4) is 0 Å². The van der Waals surface area contributed by atoms with E-state index in [2.05, 4.69) is 4.98 Å². The summed E-state index contributed by atoms with van der Waals surface area (Å²) in [5.74, 6) is 1.40. The van der Waals surface area contributed by atoms with Crippen molar-refractivity contribution in [2.24, 2.45) is 5.92 Å². The van der Waals surface area contributed by atoms with Crippen LogP contribution in [-0.4, -0.2) is 47.7 Å². The highest BCUT2D eigenvalue weighted by Crippen LogP contribution is 2.41. The van der Waals surface area contributed by atoms with Gasteiger partial charge in [-0.1, -0.05) is 13.0 Å². The molecule has 0 saturated carbocycles. The predicted octanol–water partition coefficient (Wildman–Crippen LogP) is 2.27. The van der Waals surface area contributed by atoms with E-state index in [-0.39, 0.29) is 11.5 Å². The maximum Gasteiger partial charge on any atom is 0.222 e. The summed E-state index contributed by atoms with van der Waals surface area (Å²) in [6, 6.07) is 5.67. The molecule has 3 rings (SSSR count). The Morgan fingerprint density at radius 3 is 3.09 bits per heavy atom. The minimum atomic E-state index is -0.114. The van der Waals surface area contributed by atoms with Crippen LogP contribution in [0.4, 0.5) is 0 Å². The lowest BCUT2D eigenvalue weighted by molar-refractivity contribution is -0.165. The van der Waals surface area contributed by atoms with Crippen LogP contribution >= 0.6 is 0 Å². The average Bonchev–Trinajstić information content (AvgIpc) is 2.91. The van der Waals surface area contributed by atoms with Crippen LogP contribution in [-0.2, 0) is 9.53 Å². The van der Waals surface area contributed by atoms with E-state index in [9.17, 15) is 4.79 Å². The van der Waals surface area contributed by atoms with E-state index in [4.69, 9.17) is 9.47 Å². The molecule has 1 spiro atoms. The third-order valence-corrected chi connectivity index (χ3v) is 4.69. The molecule has 0 N–H and O–H groups in total. The third-order valence-electron chi connectivity index (χ3n) is 4.69. The number of ether oxygens (including phenoxy) is 2. The van der Waals surface area contributed by atoms with Gasteiger partial charge in [-0.05, 0) is 31.2 Å². The van der Waals surface area contributed by atoms with Crippen molar-refractivity contribution in [2.75, 3.05) is 26.3 Å². The van der Waals surface area contributed by atoms with E-state index in [1.807, 2.05) is 30.0 Å². The van der Waals surface area contributed by atoms with Gasteiger partial charge in [0.15, 0.2) is 0 Å². The quantitative estimate of drug-likeness (QED) is 0.809. The molecule has 1 amide bonds. The lowest BCUT2D eigenvalue weighted by Gasteiger charge is -2.50. The van der Waals surface area contributed by atoms with Crippen molar-refractivity contribution >= 4 is 5.91 Å². The minimum absolute atomic E-state index is 0.114. The van der Waals surface area contributed by atoms with E-state index >= 15 is 0 Å². The van der Waals surface area contributed by atoms with E-state index in [0.29, 0.717) is 24.8 Å². The summed E-state index contributed by atoms with van der Waals surface area (Å²) < 4.78 is 11.7. The highest BCUT2D eigenvalue weighted by Gasteiger charge is 2.53. The molecule has 2 aliphatic rings. The van der Waals surface area contributed by atoms with Crippen molar-refractivity contribution in [3.8, 4) is 5.88 Å². The van der Waals surface area contributed by atoms with Gasteiger partial charge in [0, 0.05) is 25.3 Å². The molecule has 2 aliphatic heterocycles. The van der Waals surface area contributed by atoms with Gasteiger partial charge in [-0.25, -0.2) is 4.98 Å². The molecule has 3 heterocycles. The Bertz CT molecular complexity index is 500. The molecule has 1 aromatic heterocycles. The molecule has 0 aromatic carbocycles. The first-order valence-corrected chi connectivity index (χ1v) is 8.19. The summed E-state index contributed by atoms with van der Waals surface area (Å²) in [5.41, 5.74) is -0.114. The van der Waals surface area contributed by atoms with Crippen LogP contribution in [0.2, 0.25) is 0 Å². The summed E-state index contributed by atoms with van der Waals surface area (Å²) in [7, 11) is 0. The van der Waals surface area contributed by atoms with Crippen molar-refractivity contribution < 1.29 is 14.3 Å². The Kier molecular flexibility index (Phi) is 4.62. The molecular weight excluding hydrogens is 280 g/mol. The van der Waals surface area contributed by atoms with E-state index in [0.717, 1.165) is 39.0 Å². The maximum atomic E-state index is 11.9. The molecule has 5 heteroatoms. The fourth-order valence-corrected chi connectivity index (χ4v) is 3.43. The first-order chi connectivity index (χ1) is 10.7. The normalized spacial score (nSPS) is 22.6. The zero-order valence-electron chi connectivity index (χ0n) is 13.2. The van der Waals surface area contributed by atoms with Gasteiger partial charge in [0.2, 0.25) is 11.8 Å². The van der Waals surface area contributed by atoms with Crippen LogP contribution in [0.25, 0.3) is 0 Å². The lowest BCUT2D eigenvalue weighted by atomic mass is 9.79. The summed E-state index contributed by atoms with van der Waals surface area (Å²) in [6.07, 6.45) is 5.29. The summed E-state index contributed by atoms with van der Waals surface area (Å²) >= 11 is 0. The smallest absolute Gasteiger partial charge is 0.222 e. The average molecular weight is 304 g/mol. The number of pyridine rings is 1. The van der Waals surface area contributed by atoms with Crippen LogP contribution < -0.4 is 4.74 Å². The van der Waals surface area contributed by atoms with E-state index < -0.39 is 0 Å². The Labute approximate surface area is 131 Å². The molecule has 2 fully saturated rings. The fourth-order valence-electron chi connectivity index (χ4n) is 3.43. The first-order valence-electron chi connectivity index (χ1n) is 8.19. The van der Waals surface area contributed by atoms with Gasteiger partial charge < -0.3 is 14.4 Å². The second-order valence-electron chi connectivity index (χ2n) is 6.20. The number of hydrogen-bond donors (Lipinski definition) is 0. The van der Waals surface area contributed by atoms with Crippen molar-refractivity contribution in [1.82, 2.24) is 9.88 Å². The molecular formula is C17H24N2O3. The van der Waals surface area contributed by atoms with Gasteiger partial charge in [-0.15, -0.1) is 0 Å². The van der Waals surface area contributed by atoms with Crippen LogP contribution in [0.5, 0.6) is 5.88 Å². The number of likely N-dealkylation sites (tertiary alicyclic amines) is 1. The van der Waals surface area contributed by atoms with Crippen molar-refractivity contribution in [2.45, 2.75) is 38.2 Å². The van der Waals surface area contributed by atoms with Gasteiger partial charge in [-0.2, -0.15) is 0 Å². The molecule has 0 unspecified atom stereocenters. The Morgan fingerprint density at radius 1 is 1.50 bits per heavy atom. The first kappa shape index (κ1) is 15.3. The van der Waals surface area contributed by atoms with Crippen molar-refractivity contribution in [3.05, 3.63) is 24.4 Å². The molecule has 120 valence electrons. The van der Waals surface area contributed by atoms with Gasteiger partial charge in [-0.3, -0.25) is 4.79 Å². The number of amides is 1. The largest absolute Gasteiger partial charge is 0.478 e. The fraction of sp³-hybridized carbons (Fsp3) is 0.647. The van der Waals surface area contributed by atoms with Crippen LogP contribution in [0, 0.1) is 5.92 Å². The second kappa shape index (κ2) is 6.65. The molecule has 0 bridgehead atoms. The minimum Gasteiger partial charge on any atom is -0.478 e. The van der Waals surface area contributed by atoms with Crippen molar-refractivity contribution in [3.63, 3.8) is 0 Å². The standard InChI is InChI=1S/C17H24N2O3/c1-2-5-16(20)19-12-17(13-19)14(8-11-22-17)7-10-21-15-6-3-4-9-18-15/h3-4,6,9,14H,2,5,7-8,10-13H2,1H3/t14-/m1/s1. The summed E-state index contributed by atoms with van der Waals surface area (Å²) in [4.78, 5) is 18.0. The highest BCUT2D eigenvalue weighted by molar-refractivity contribution is 5.77. The number of hydrogen-bond acceptors (Lipinski definition) is 4. The summed E-state index contributed by atoms with van der Waals surface area (Å²) in [6.45, 7) is 4.98. The summed E-state index contributed by atoms with van der Waals surface area (Å²) in [5, 5.41) is 0. The Balaban J connectivity index is 1.47. The number of aromatic nitrogens is 1. The Morgan fingerprint density at radius 2 is 2.36 bits per heavy atom.